The van der Waals surface area contributed by atoms with Crippen LogP contribution in [0.1, 0.15) is 70.6 Å². The highest BCUT2D eigenvalue weighted by Gasteiger charge is 2.38. The van der Waals surface area contributed by atoms with Gasteiger partial charge in [0.2, 0.25) is 5.91 Å². The van der Waals surface area contributed by atoms with Crippen molar-refractivity contribution >= 4 is 11.9 Å². The summed E-state index contributed by atoms with van der Waals surface area (Å²) in [6.07, 6.45) is 12.4. The van der Waals surface area contributed by atoms with Crippen molar-refractivity contribution in [1.29, 1.82) is 0 Å². The van der Waals surface area contributed by atoms with Crippen molar-refractivity contribution in [2.75, 3.05) is 46.4 Å². The molecule has 2 aliphatic carbocycles. The minimum atomic E-state index is 0.0630. The molecule has 1 atom stereocenters. The van der Waals surface area contributed by atoms with E-state index in [0.717, 1.165) is 90.8 Å². The van der Waals surface area contributed by atoms with Crippen LogP contribution in [-0.2, 0) is 9.53 Å². The minimum absolute atomic E-state index is 0.0630. The van der Waals surface area contributed by atoms with Crippen LogP contribution in [0.15, 0.2) is 0 Å². The second-order valence-corrected chi connectivity index (χ2v) is 10.1. The van der Waals surface area contributed by atoms with E-state index >= 15 is 0 Å². The SMILES string of the molecule is CN(CCN(C1CCOCC1)C1CCCN(C(=O)C2CC2)C1)C(=O)NC1CCCCC1. The van der Waals surface area contributed by atoms with E-state index in [1.807, 2.05) is 11.9 Å². The normalized spacial score (nSPS) is 26.1. The van der Waals surface area contributed by atoms with Crippen molar-refractivity contribution < 1.29 is 14.3 Å². The molecule has 2 saturated carbocycles. The van der Waals surface area contributed by atoms with Gasteiger partial charge in [0.15, 0.2) is 0 Å². The average molecular weight is 435 g/mol. The molecule has 0 aromatic carbocycles. The number of likely N-dealkylation sites (tertiary alicyclic amines) is 1. The van der Waals surface area contributed by atoms with Crippen LogP contribution in [0.5, 0.6) is 0 Å². The number of hydrogen-bond donors (Lipinski definition) is 1. The summed E-state index contributed by atoms with van der Waals surface area (Å²) in [5.74, 6) is 0.672. The van der Waals surface area contributed by atoms with Crippen LogP contribution in [0.3, 0.4) is 0 Å². The number of urea groups is 1. The molecule has 2 aliphatic heterocycles. The zero-order valence-corrected chi connectivity index (χ0v) is 19.4. The fourth-order valence-corrected chi connectivity index (χ4v) is 5.59. The average Bonchev–Trinajstić information content (AvgIpc) is 3.66. The Morgan fingerprint density at radius 3 is 2.35 bits per heavy atom. The first kappa shape index (κ1) is 22.8. The third-order valence-corrected chi connectivity index (χ3v) is 7.74. The molecule has 1 N–H and O–H groups in total. The Hall–Kier alpha value is -1.34. The molecule has 0 radical (unpaired) electrons. The Bertz CT molecular complexity index is 600. The second-order valence-electron chi connectivity index (χ2n) is 10.1. The summed E-state index contributed by atoms with van der Waals surface area (Å²) in [5.41, 5.74) is 0. The number of carbonyl (C=O) groups excluding carboxylic acids is 2. The van der Waals surface area contributed by atoms with Crippen LogP contribution in [0.2, 0.25) is 0 Å². The fourth-order valence-electron chi connectivity index (χ4n) is 5.59. The van der Waals surface area contributed by atoms with Gasteiger partial charge in [-0.1, -0.05) is 19.3 Å². The third kappa shape index (κ3) is 6.35. The molecule has 2 saturated heterocycles. The Kier molecular flexibility index (Phi) is 8.10. The van der Waals surface area contributed by atoms with E-state index in [1.165, 1.54) is 19.3 Å². The molecule has 2 heterocycles. The maximum absolute atomic E-state index is 12.7. The summed E-state index contributed by atoms with van der Waals surface area (Å²) in [4.78, 5) is 32.0. The van der Waals surface area contributed by atoms with E-state index in [2.05, 4.69) is 15.1 Å². The van der Waals surface area contributed by atoms with E-state index in [0.29, 0.717) is 30.0 Å². The lowest BCUT2D eigenvalue weighted by atomic mass is 9.96. The van der Waals surface area contributed by atoms with Crippen LogP contribution >= 0.6 is 0 Å². The lowest BCUT2D eigenvalue weighted by Gasteiger charge is -2.44. The van der Waals surface area contributed by atoms with Crippen molar-refractivity contribution in [3.05, 3.63) is 0 Å². The van der Waals surface area contributed by atoms with Crippen molar-refractivity contribution in [2.24, 2.45) is 5.92 Å². The lowest BCUT2D eigenvalue weighted by molar-refractivity contribution is -0.135. The zero-order valence-electron chi connectivity index (χ0n) is 19.4. The molecule has 1 unspecified atom stereocenters. The summed E-state index contributed by atoms with van der Waals surface area (Å²) < 4.78 is 5.62. The number of hydrogen-bond acceptors (Lipinski definition) is 4. The molecular weight excluding hydrogens is 392 g/mol. The molecule has 7 nitrogen and oxygen atoms in total. The molecule has 0 bridgehead atoms. The summed E-state index contributed by atoms with van der Waals surface area (Å²) in [6.45, 7) is 4.99. The smallest absolute Gasteiger partial charge is 0.317 e. The van der Waals surface area contributed by atoms with Crippen molar-refractivity contribution in [3.8, 4) is 0 Å². The number of nitrogens with one attached hydrogen (secondary N) is 1. The van der Waals surface area contributed by atoms with Gasteiger partial charge in [-0.25, -0.2) is 4.79 Å². The maximum Gasteiger partial charge on any atom is 0.317 e. The number of piperidine rings is 1. The number of amides is 3. The standard InChI is InChI=1S/C24H42N4O3/c1-26(24(30)25-20-6-3-2-4-7-20)14-15-28(21-11-16-31-17-12-21)22-8-5-13-27(18-22)23(29)19-9-10-19/h19-22H,2-18H2,1H3,(H,25,30). The first-order valence-corrected chi connectivity index (χ1v) is 12.8. The predicted octanol–water partition coefficient (Wildman–Crippen LogP) is 2.84. The van der Waals surface area contributed by atoms with Gasteiger partial charge in [-0.2, -0.15) is 0 Å². The molecule has 4 fully saturated rings. The van der Waals surface area contributed by atoms with Crippen LogP contribution in [0.25, 0.3) is 0 Å². The van der Waals surface area contributed by atoms with Gasteiger partial charge in [0, 0.05) is 70.5 Å². The van der Waals surface area contributed by atoms with Crippen molar-refractivity contribution in [3.63, 3.8) is 0 Å². The Morgan fingerprint density at radius 2 is 1.65 bits per heavy atom. The molecule has 7 heteroatoms. The number of nitrogens with zero attached hydrogens (tertiary/aromatic N) is 3. The summed E-state index contributed by atoms with van der Waals surface area (Å²) in [7, 11) is 1.92. The Labute approximate surface area is 187 Å². The molecule has 31 heavy (non-hydrogen) atoms. The molecule has 4 rings (SSSR count). The topological polar surface area (TPSA) is 65.1 Å². The molecule has 3 amide bonds. The lowest BCUT2D eigenvalue weighted by Crippen LogP contribution is -2.56. The van der Waals surface area contributed by atoms with Crippen LogP contribution < -0.4 is 5.32 Å². The zero-order chi connectivity index (χ0) is 21.6. The molecule has 0 spiro atoms. The quantitative estimate of drug-likeness (QED) is 0.669. The van der Waals surface area contributed by atoms with Crippen LogP contribution in [0, 0.1) is 5.92 Å². The van der Waals surface area contributed by atoms with E-state index in [-0.39, 0.29) is 6.03 Å². The summed E-state index contributed by atoms with van der Waals surface area (Å²) >= 11 is 0. The van der Waals surface area contributed by atoms with Gasteiger partial charge >= 0.3 is 6.03 Å². The number of likely N-dealkylation sites (N-methyl/N-ethyl adjacent to an activating group) is 1. The molecule has 4 aliphatic rings. The van der Waals surface area contributed by atoms with Crippen LogP contribution in [0.4, 0.5) is 4.79 Å². The van der Waals surface area contributed by atoms with Crippen LogP contribution in [-0.4, -0.2) is 91.2 Å². The first-order chi connectivity index (χ1) is 15.1. The summed E-state index contributed by atoms with van der Waals surface area (Å²) in [5, 5.41) is 3.24. The predicted molar refractivity (Wildman–Crippen MR) is 121 cm³/mol. The van der Waals surface area contributed by atoms with Gasteiger partial charge < -0.3 is 19.9 Å². The van der Waals surface area contributed by atoms with Gasteiger partial charge in [0.05, 0.1) is 0 Å². The number of ether oxygens (including phenoxy) is 1. The fraction of sp³-hybridized carbons (Fsp3) is 0.917. The van der Waals surface area contributed by atoms with E-state index < -0.39 is 0 Å². The highest BCUT2D eigenvalue weighted by Crippen LogP contribution is 2.33. The maximum atomic E-state index is 12.7. The molecular formula is C24H42N4O3. The molecule has 0 aromatic rings. The largest absolute Gasteiger partial charge is 0.381 e. The Morgan fingerprint density at radius 1 is 0.903 bits per heavy atom. The van der Waals surface area contributed by atoms with Crippen molar-refractivity contribution in [2.45, 2.75) is 88.8 Å². The van der Waals surface area contributed by atoms with Crippen molar-refractivity contribution in [1.82, 2.24) is 20.0 Å². The highest BCUT2D eigenvalue weighted by molar-refractivity contribution is 5.81. The summed E-state index contributed by atoms with van der Waals surface area (Å²) in [6, 6.07) is 1.29. The third-order valence-electron chi connectivity index (χ3n) is 7.74. The Balaban J connectivity index is 1.33. The van der Waals surface area contributed by atoms with Gasteiger partial charge in [-0.15, -0.1) is 0 Å². The molecule has 0 aromatic heterocycles. The monoisotopic (exact) mass is 434 g/mol. The van der Waals surface area contributed by atoms with E-state index in [4.69, 9.17) is 4.74 Å². The van der Waals surface area contributed by atoms with E-state index in [1.54, 1.807) is 0 Å². The number of rotatable bonds is 7. The first-order valence-electron chi connectivity index (χ1n) is 12.8. The van der Waals surface area contributed by atoms with E-state index in [9.17, 15) is 9.59 Å². The van der Waals surface area contributed by atoms with Gasteiger partial charge in [-0.05, 0) is 51.4 Å². The number of carbonyl (C=O) groups is 2. The molecule has 176 valence electrons. The second kappa shape index (κ2) is 11.0. The van der Waals surface area contributed by atoms with Gasteiger partial charge in [0.1, 0.15) is 0 Å². The minimum Gasteiger partial charge on any atom is -0.381 e. The van der Waals surface area contributed by atoms with Gasteiger partial charge in [0.25, 0.3) is 0 Å². The highest BCUT2D eigenvalue weighted by atomic mass is 16.5. The van der Waals surface area contributed by atoms with Gasteiger partial charge in [-0.3, -0.25) is 9.69 Å².